The number of aromatic nitrogens is 1. The predicted molar refractivity (Wildman–Crippen MR) is 88.2 cm³/mol. The second-order valence-electron chi connectivity index (χ2n) is 5.93. The van der Waals surface area contributed by atoms with Crippen molar-refractivity contribution in [2.45, 2.75) is 26.0 Å². The maximum Gasteiger partial charge on any atom is 0.317 e. The van der Waals surface area contributed by atoms with Crippen LogP contribution in [0.25, 0.3) is 0 Å². The third-order valence-corrected chi connectivity index (χ3v) is 3.96. The summed E-state index contributed by atoms with van der Waals surface area (Å²) in [7, 11) is 0. The zero-order valence-corrected chi connectivity index (χ0v) is 13.5. The molecule has 24 heavy (non-hydrogen) atoms. The lowest BCUT2D eigenvalue weighted by Gasteiger charge is -2.17. The molecule has 1 aliphatic rings. The summed E-state index contributed by atoms with van der Waals surface area (Å²) in [5.41, 5.74) is 1.94. The van der Waals surface area contributed by atoms with Crippen LogP contribution < -0.4 is 10.1 Å². The van der Waals surface area contributed by atoms with Gasteiger partial charge in [0.15, 0.2) is 0 Å². The van der Waals surface area contributed by atoms with Crippen LogP contribution in [-0.2, 0) is 6.54 Å². The topological polar surface area (TPSA) is 54.5 Å². The Morgan fingerprint density at radius 3 is 2.83 bits per heavy atom. The Bertz CT molecular complexity index is 688. The van der Waals surface area contributed by atoms with Gasteiger partial charge in [-0.15, -0.1) is 0 Å². The third kappa shape index (κ3) is 4.22. The SMILES string of the molecule is Cc1ccc(OC2CCN(C(=O)NCc3ccc(F)cc3)C2)nc1. The van der Waals surface area contributed by atoms with Crippen molar-refractivity contribution in [2.75, 3.05) is 13.1 Å². The summed E-state index contributed by atoms with van der Waals surface area (Å²) < 4.78 is 18.7. The number of hydrogen-bond acceptors (Lipinski definition) is 3. The number of halogens is 1. The number of nitrogens with one attached hydrogen (secondary N) is 1. The number of amides is 2. The van der Waals surface area contributed by atoms with Crippen molar-refractivity contribution in [1.82, 2.24) is 15.2 Å². The molecule has 1 atom stereocenters. The molecule has 0 spiro atoms. The van der Waals surface area contributed by atoms with E-state index in [0.717, 1.165) is 17.5 Å². The first-order valence-electron chi connectivity index (χ1n) is 7.97. The molecule has 2 amide bonds. The average Bonchev–Trinajstić information content (AvgIpc) is 3.05. The normalized spacial score (nSPS) is 16.9. The van der Waals surface area contributed by atoms with Crippen LogP contribution in [0.1, 0.15) is 17.5 Å². The minimum Gasteiger partial charge on any atom is -0.472 e. The molecule has 0 radical (unpaired) electrons. The van der Waals surface area contributed by atoms with Crippen LogP contribution in [0.4, 0.5) is 9.18 Å². The van der Waals surface area contributed by atoms with Gasteiger partial charge in [0.05, 0.1) is 6.54 Å². The molecular weight excluding hydrogens is 309 g/mol. The first-order valence-corrected chi connectivity index (χ1v) is 7.97. The summed E-state index contributed by atoms with van der Waals surface area (Å²) in [5, 5.41) is 2.85. The number of benzene rings is 1. The van der Waals surface area contributed by atoms with E-state index in [9.17, 15) is 9.18 Å². The Morgan fingerprint density at radius 1 is 1.33 bits per heavy atom. The molecule has 126 valence electrons. The van der Waals surface area contributed by atoms with E-state index in [0.29, 0.717) is 25.5 Å². The molecule has 6 heteroatoms. The minimum atomic E-state index is -0.283. The lowest BCUT2D eigenvalue weighted by Crippen LogP contribution is -2.39. The molecular formula is C18H20FN3O2. The fourth-order valence-electron chi connectivity index (χ4n) is 2.60. The number of rotatable bonds is 4. The standard InChI is InChI=1S/C18H20FN3O2/c1-13-2-7-17(20-10-13)24-16-8-9-22(12-16)18(23)21-11-14-3-5-15(19)6-4-14/h2-7,10,16H,8-9,11-12H2,1H3,(H,21,23). The van der Waals surface area contributed by atoms with Gasteiger partial charge in [-0.2, -0.15) is 0 Å². The number of hydrogen-bond donors (Lipinski definition) is 1. The predicted octanol–water partition coefficient (Wildman–Crippen LogP) is 2.89. The molecule has 0 bridgehead atoms. The van der Waals surface area contributed by atoms with Gasteiger partial charge in [-0.05, 0) is 30.2 Å². The van der Waals surface area contributed by atoms with E-state index < -0.39 is 0 Å². The van der Waals surface area contributed by atoms with Crippen LogP contribution in [-0.4, -0.2) is 35.1 Å². The van der Waals surface area contributed by atoms with Crippen LogP contribution in [0.15, 0.2) is 42.6 Å². The number of ether oxygens (including phenoxy) is 1. The van der Waals surface area contributed by atoms with Gasteiger partial charge in [-0.25, -0.2) is 14.2 Å². The van der Waals surface area contributed by atoms with Crippen molar-refractivity contribution in [2.24, 2.45) is 0 Å². The van der Waals surface area contributed by atoms with Gasteiger partial charge < -0.3 is 15.0 Å². The molecule has 3 rings (SSSR count). The molecule has 2 aromatic rings. The van der Waals surface area contributed by atoms with Gasteiger partial charge in [0.25, 0.3) is 0 Å². The third-order valence-electron chi connectivity index (χ3n) is 3.96. The van der Waals surface area contributed by atoms with Crippen molar-refractivity contribution in [3.8, 4) is 5.88 Å². The lowest BCUT2D eigenvalue weighted by molar-refractivity contribution is 0.183. The molecule has 1 saturated heterocycles. The molecule has 1 fully saturated rings. The number of nitrogens with zero attached hydrogens (tertiary/aromatic N) is 2. The van der Waals surface area contributed by atoms with Crippen molar-refractivity contribution in [3.63, 3.8) is 0 Å². The smallest absolute Gasteiger partial charge is 0.317 e. The quantitative estimate of drug-likeness (QED) is 0.938. The molecule has 0 aliphatic carbocycles. The summed E-state index contributed by atoms with van der Waals surface area (Å²) in [6.07, 6.45) is 2.49. The van der Waals surface area contributed by atoms with Gasteiger partial charge in [0, 0.05) is 31.8 Å². The van der Waals surface area contributed by atoms with E-state index in [-0.39, 0.29) is 18.0 Å². The number of carbonyl (C=O) groups excluding carboxylic acids is 1. The summed E-state index contributed by atoms with van der Waals surface area (Å²) in [5.74, 6) is 0.300. The van der Waals surface area contributed by atoms with E-state index in [4.69, 9.17) is 4.74 Å². The maximum atomic E-state index is 12.9. The van der Waals surface area contributed by atoms with Gasteiger partial charge in [-0.1, -0.05) is 18.2 Å². The maximum absolute atomic E-state index is 12.9. The van der Waals surface area contributed by atoms with Gasteiger partial charge in [0.1, 0.15) is 11.9 Å². The molecule has 1 unspecified atom stereocenters. The fraction of sp³-hybridized carbons (Fsp3) is 0.333. The Kier molecular flexibility index (Phi) is 4.93. The number of carbonyl (C=O) groups is 1. The van der Waals surface area contributed by atoms with Crippen molar-refractivity contribution < 1.29 is 13.9 Å². The Hall–Kier alpha value is -2.63. The fourth-order valence-corrected chi connectivity index (χ4v) is 2.60. The number of aryl methyl sites for hydroxylation is 1. The number of pyridine rings is 1. The van der Waals surface area contributed by atoms with Crippen LogP contribution >= 0.6 is 0 Å². The van der Waals surface area contributed by atoms with Crippen LogP contribution in [0, 0.1) is 12.7 Å². The Balaban J connectivity index is 1.46. The molecule has 2 heterocycles. The van der Waals surface area contributed by atoms with E-state index in [1.54, 1.807) is 23.2 Å². The molecule has 0 saturated carbocycles. The first-order chi connectivity index (χ1) is 11.6. The Morgan fingerprint density at radius 2 is 2.12 bits per heavy atom. The molecule has 1 aromatic carbocycles. The summed E-state index contributed by atoms with van der Waals surface area (Å²) >= 11 is 0. The van der Waals surface area contributed by atoms with Crippen molar-refractivity contribution in [3.05, 3.63) is 59.5 Å². The molecule has 1 N–H and O–H groups in total. The largest absolute Gasteiger partial charge is 0.472 e. The molecule has 1 aliphatic heterocycles. The van der Waals surface area contributed by atoms with Gasteiger partial charge in [0.2, 0.25) is 5.88 Å². The van der Waals surface area contributed by atoms with Crippen LogP contribution in [0.5, 0.6) is 5.88 Å². The van der Waals surface area contributed by atoms with E-state index >= 15 is 0 Å². The van der Waals surface area contributed by atoms with Crippen LogP contribution in [0.3, 0.4) is 0 Å². The van der Waals surface area contributed by atoms with E-state index in [1.807, 2.05) is 19.1 Å². The highest BCUT2D eigenvalue weighted by molar-refractivity contribution is 5.74. The first kappa shape index (κ1) is 16.2. The zero-order chi connectivity index (χ0) is 16.9. The van der Waals surface area contributed by atoms with E-state index in [2.05, 4.69) is 10.3 Å². The average molecular weight is 329 g/mol. The highest BCUT2D eigenvalue weighted by Crippen LogP contribution is 2.17. The summed E-state index contributed by atoms with van der Waals surface area (Å²) in [6.45, 7) is 3.52. The van der Waals surface area contributed by atoms with Gasteiger partial charge >= 0.3 is 6.03 Å². The summed E-state index contributed by atoms with van der Waals surface area (Å²) in [6, 6.07) is 9.74. The van der Waals surface area contributed by atoms with Crippen LogP contribution in [0.2, 0.25) is 0 Å². The monoisotopic (exact) mass is 329 g/mol. The molecule has 5 nitrogen and oxygen atoms in total. The number of urea groups is 1. The lowest BCUT2D eigenvalue weighted by atomic mass is 10.2. The molecule has 1 aromatic heterocycles. The zero-order valence-electron chi connectivity index (χ0n) is 13.5. The van der Waals surface area contributed by atoms with Crippen molar-refractivity contribution >= 4 is 6.03 Å². The second-order valence-corrected chi connectivity index (χ2v) is 5.93. The summed E-state index contributed by atoms with van der Waals surface area (Å²) in [4.78, 5) is 18.1. The van der Waals surface area contributed by atoms with E-state index in [1.165, 1.54) is 12.1 Å². The highest BCUT2D eigenvalue weighted by Gasteiger charge is 2.27. The van der Waals surface area contributed by atoms with Crippen molar-refractivity contribution in [1.29, 1.82) is 0 Å². The minimum absolute atomic E-state index is 0.0447. The van der Waals surface area contributed by atoms with Gasteiger partial charge in [-0.3, -0.25) is 0 Å². The Labute approximate surface area is 140 Å². The highest BCUT2D eigenvalue weighted by atomic mass is 19.1. The second kappa shape index (κ2) is 7.29. The number of likely N-dealkylation sites (tertiary alicyclic amines) is 1.